The standard InChI is InChI=1S/C65H106O31/c1-25-36(70)41(75)46(80)54(87-25)93-50-31(21-67)90-53(49(83)45(50)79)86-23-32-40(74)44(78)52(95-56-48(82)43(77)39(73)30(20-66)89-56)58(91-32)96-59(84)65-17-15-60(3,4)19-28(65)27-9-10-34-61(5)13-12-35(62(6,24-68)33(61)11-14-64(34,8)63(27,7)16-18-65)92-57-51(38(72)29(69)22-85-57)94-55-47(81)42(76)37(71)26(2)88-55/h9,25-26,28-58,66-83H,10-24H2,1-8H3/t25-,26-,28-,29-,30+,31+,32+,33+,34+,35-,36-,37-,38-,39+,40+,41+,42+,43-,44-,45+,46+,47+,48+,49+,50+,51+,52+,53+,54-,55-,56-,57-,58-,61-,62-,63+,64+,65-/m0/s1. The molecule has 4 saturated carbocycles. The number of carbonyl (C=O) groups is 1. The Morgan fingerprint density at radius 1 is 0.500 bits per heavy atom. The van der Waals surface area contributed by atoms with Gasteiger partial charge in [-0.05, 0) is 117 Å². The van der Waals surface area contributed by atoms with Crippen LogP contribution in [0.15, 0.2) is 11.6 Å². The van der Waals surface area contributed by atoms with E-state index in [0.717, 1.165) is 5.57 Å². The number of fused-ring (bicyclic) bond motifs is 7. The number of ether oxygens (including phenoxy) is 12. The second-order valence-corrected chi connectivity index (χ2v) is 31.3. The van der Waals surface area contributed by atoms with E-state index in [1.807, 2.05) is 6.92 Å². The van der Waals surface area contributed by atoms with Crippen LogP contribution in [0.5, 0.6) is 0 Å². The highest BCUT2D eigenvalue weighted by molar-refractivity contribution is 5.79. The maximum Gasteiger partial charge on any atom is 0.315 e. The summed E-state index contributed by atoms with van der Waals surface area (Å²) in [5.41, 5.74) is -2.59. The number of hydrogen-bond acceptors (Lipinski definition) is 31. The van der Waals surface area contributed by atoms with Crippen molar-refractivity contribution in [1.82, 2.24) is 0 Å². The lowest BCUT2D eigenvalue weighted by atomic mass is 9.33. The Bertz CT molecular complexity index is 2690. The Labute approximate surface area is 556 Å². The van der Waals surface area contributed by atoms with Crippen LogP contribution in [-0.2, 0) is 61.6 Å². The fraction of sp³-hybridized carbons (Fsp3) is 0.954. The molecule has 6 heterocycles. The van der Waals surface area contributed by atoms with Crippen LogP contribution >= 0.6 is 0 Å². The summed E-state index contributed by atoms with van der Waals surface area (Å²) in [5.74, 6) is -1.23. The molecule has 31 heteroatoms. The van der Waals surface area contributed by atoms with Crippen molar-refractivity contribution in [3.05, 3.63) is 11.6 Å². The molecule has 0 spiro atoms. The topological polar surface area (TPSA) is 492 Å². The Hall–Kier alpha value is -1.95. The van der Waals surface area contributed by atoms with E-state index in [-0.39, 0.29) is 35.9 Å². The van der Waals surface area contributed by atoms with Crippen LogP contribution in [0, 0.1) is 50.2 Å². The first kappa shape index (κ1) is 75.2. The molecule has 0 radical (unpaired) electrons. The van der Waals surface area contributed by atoms with Gasteiger partial charge in [-0.3, -0.25) is 4.79 Å². The number of aliphatic hydroxyl groups is 18. The van der Waals surface area contributed by atoms with Gasteiger partial charge in [-0.15, -0.1) is 0 Å². The minimum absolute atomic E-state index is 0.0451. The van der Waals surface area contributed by atoms with Gasteiger partial charge in [0.05, 0.1) is 56.8 Å². The number of hydrogen-bond donors (Lipinski definition) is 18. The van der Waals surface area contributed by atoms with E-state index >= 15 is 4.79 Å². The van der Waals surface area contributed by atoms with Gasteiger partial charge in [0.1, 0.15) is 122 Å². The van der Waals surface area contributed by atoms with Gasteiger partial charge in [0, 0.05) is 5.41 Å². The van der Waals surface area contributed by atoms with Crippen LogP contribution in [0.4, 0.5) is 0 Å². The monoisotopic (exact) mass is 1380 g/mol. The number of aliphatic hydroxyl groups excluding tert-OH is 18. The van der Waals surface area contributed by atoms with E-state index in [9.17, 15) is 91.9 Å². The second-order valence-electron chi connectivity index (χ2n) is 31.3. The van der Waals surface area contributed by atoms with Crippen molar-refractivity contribution >= 4 is 5.97 Å². The second kappa shape index (κ2) is 28.3. The highest BCUT2D eigenvalue weighted by Crippen LogP contribution is 2.76. The smallest absolute Gasteiger partial charge is 0.315 e. The molecule has 38 atom stereocenters. The van der Waals surface area contributed by atoms with Gasteiger partial charge in [0.25, 0.3) is 0 Å². The van der Waals surface area contributed by atoms with Crippen LogP contribution in [-0.4, -0.2) is 315 Å². The average Bonchev–Trinajstić information content (AvgIpc) is 0.675. The molecule has 0 aromatic rings. The number of carbonyl (C=O) groups excluding carboxylic acids is 1. The summed E-state index contributed by atoms with van der Waals surface area (Å²) in [4.78, 5) is 15.9. The zero-order valence-electron chi connectivity index (χ0n) is 55.6. The summed E-state index contributed by atoms with van der Waals surface area (Å²) in [6, 6.07) is 0. The van der Waals surface area contributed by atoms with Crippen LogP contribution in [0.25, 0.3) is 0 Å². The maximum absolute atomic E-state index is 15.9. The van der Waals surface area contributed by atoms with E-state index in [4.69, 9.17) is 56.8 Å². The molecule has 11 aliphatic rings. The van der Waals surface area contributed by atoms with Crippen molar-refractivity contribution in [3.63, 3.8) is 0 Å². The van der Waals surface area contributed by atoms with E-state index in [1.54, 1.807) is 0 Å². The predicted molar refractivity (Wildman–Crippen MR) is 321 cm³/mol. The van der Waals surface area contributed by atoms with Crippen molar-refractivity contribution in [3.8, 4) is 0 Å². The largest absolute Gasteiger partial charge is 0.432 e. The van der Waals surface area contributed by atoms with Gasteiger partial charge >= 0.3 is 5.97 Å². The molecule has 18 N–H and O–H groups in total. The van der Waals surface area contributed by atoms with Gasteiger partial charge in [-0.2, -0.15) is 0 Å². The van der Waals surface area contributed by atoms with Crippen molar-refractivity contribution in [1.29, 1.82) is 0 Å². The normalized spacial score (nSPS) is 55.1. The van der Waals surface area contributed by atoms with Crippen molar-refractivity contribution < 1.29 is 154 Å². The third-order valence-electron chi connectivity index (χ3n) is 25.3. The first-order chi connectivity index (χ1) is 45.1. The van der Waals surface area contributed by atoms with E-state index < -0.39 is 238 Å². The number of allylic oxidation sites excluding steroid dienone is 2. The zero-order valence-corrected chi connectivity index (χ0v) is 55.6. The third kappa shape index (κ3) is 12.8. The molecule has 0 bridgehead atoms. The van der Waals surface area contributed by atoms with E-state index in [1.165, 1.54) is 13.8 Å². The quantitative estimate of drug-likeness (QED) is 0.0392. The predicted octanol–water partition coefficient (Wildman–Crippen LogP) is -4.72. The molecular weight excluding hydrogens is 1280 g/mol. The average molecular weight is 1380 g/mol. The Kier molecular flexibility index (Phi) is 22.1. The molecule has 11 rings (SSSR count). The Balaban J connectivity index is 0.837. The first-order valence-corrected chi connectivity index (χ1v) is 34.1. The molecule has 0 aromatic carbocycles. The van der Waals surface area contributed by atoms with Crippen LogP contribution in [0.3, 0.4) is 0 Å². The highest BCUT2D eigenvalue weighted by Gasteiger charge is 2.71. The lowest BCUT2D eigenvalue weighted by Gasteiger charge is -2.71. The fourth-order valence-electron chi connectivity index (χ4n) is 19.0. The SMILES string of the molecule is C[C@@H]1O[C@@H](O[C@H]2[C@H](O[C@H]3CC[C@@]4(C)[C@@H](CC[C@]5(C)[C@@H]4CC=C4[C@@H]6CC(C)(C)CC[C@]6(C(=O)O[C@@H]6O[C@H](CO[C@@H]7O[C@H](CO)[C@@H](O[C@@H]8O[C@@H](C)[C@H](O)[C@@H](O)[C@H]8O)[C@H](O)[C@H]7O)[C@@H](O)[C@H](O)[C@H]6O[C@@H]6O[C@H](CO)[C@@H](O)[C@H](O)[C@H]6O)CC[C@]45C)[C@]3(C)CO)OC[C@H](O)[C@@H]2O)[C@H](O)[C@H](O)[C@H]1O. The van der Waals surface area contributed by atoms with Gasteiger partial charge in [0.15, 0.2) is 37.6 Å². The van der Waals surface area contributed by atoms with Gasteiger partial charge in [-0.25, -0.2) is 0 Å². The molecular formula is C65H106O31. The lowest BCUT2D eigenvalue weighted by Crippen LogP contribution is -2.67. The summed E-state index contributed by atoms with van der Waals surface area (Å²) in [6.07, 6.45) is -41.4. The lowest BCUT2D eigenvalue weighted by molar-refractivity contribution is -0.373. The summed E-state index contributed by atoms with van der Waals surface area (Å²) in [5, 5.41) is 197. The zero-order chi connectivity index (χ0) is 70.0. The molecule has 96 heavy (non-hydrogen) atoms. The maximum atomic E-state index is 15.9. The van der Waals surface area contributed by atoms with Gasteiger partial charge < -0.3 is 149 Å². The summed E-state index contributed by atoms with van der Waals surface area (Å²) < 4.78 is 72.1. The number of rotatable bonds is 16. The Morgan fingerprint density at radius 3 is 1.62 bits per heavy atom. The molecule has 5 aliphatic carbocycles. The highest BCUT2D eigenvalue weighted by atomic mass is 16.8. The van der Waals surface area contributed by atoms with Gasteiger partial charge in [0.2, 0.25) is 6.29 Å². The first-order valence-electron chi connectivity index (χ1n) is 34.1. The summed E-state index contributed by atoms with van der Waals surface area (Å²) >= 11 is 0. The molecule has 6 saturated heterocycles. The van der Waals surface area contributed by atoms with Crippen LogP contribution in [0.2, 0.25) is 0 Å². The van der Waals surface area contributed by atoms with Gasteiger partial charge in [-0.1, -0.05) is 53.2 Å². The molecule has 0 aromatic heterocycles. The minimum atomic E-state index is -2.08. The number of esters is 1. The molecule has 31 nitrogen and oxygen atoms in total. The van der Waals surface area contributed by atoms with Crippen molar-refractivity contribution in [2.45, 2.75) is 304 Å². The fourth-order valence-corrected chi connectivity index (χ4v) is 19.0. The molecule has 10 fully saturated rings. The third-order valence-corrected chi connectivity index (χ3v) is 25.3. The van der Waals surface area contributed by atoms with E-state index in [0.29, 0.717) is 64.2 Å². The Morgan fingerprint density at radius 2 is 1.02 bits per heavy atom. The minimum Gasteiger partial charge on any atom is -0.432 e. The molecule has 0 amide bonds. The van der Waals surface area contributed by atoms with Crippen molar-refractivity contribution in [2.24, 2.45) is 50.2 Å². The van der Waals surface area contributed by atoms with Crippen LogP contribution in [0.1, 0.15) is 120 Å². The summed E-state index contributed by atoms with van der Waals surface area (Å²) in [7, 11) is 0. The summed E-state index contributed by atoms with van der Waals surface area (Å²) in [6.45, 7) is 13.0. The molecule has 552 valence electrons. The van der Waals surface area contributed by atoms with E-state index in [2.05, 4.69) is 40.7 Å². The van der Waals surface area contributed by atoms with Crippen LogP contribution < -0.4 is 0 Å². The molecule has 6 aliphatic heterocycles. The molecule has 0 unspecified atom stereocenters. The van der Waals surface area contributed by atoms with Crippen molar-refractivity contribution in [2.75, 3.05) is 33.0 Å².